The molecule has 0 radical (unpaired) electrons. The van der Waals surface area contributed by atoms with Gasteiger partial charge in [-0.25, -0.2) is 0 Å². The van der Waals surface area contributed by atoms with Crippen LogP contribution in [0.4, 0.5) is 0 Å². The average molecular weight is 252 g/mol. The minimum Gasteiger partial charge on any atom is -0.496 e. The van der Waals surface area contributed by atoms with Crippen LogP contribution in [0.2, 0.25) is 0 Å². The summed E-state index contributed by atoms with van der Waals surface area (Å²) in [5.74, 6) is 3.44. The van der Waals surface area contributed by atoms with Crippen LogP contribution in [-0.4, -0.2) is 23.7 Å². The molecular weight excluding hydrogens is 232 g/mol. The number of benzene rings is 1. The molecule has 2 atom stereocenters. The van der Waals surface area contributed by atoms with Gasteiger partial charge in [0, 0.05) is 5.56 Å². The normalized spacial score (nSPS) is 21.5. The predicted molar refractivity (Wildman–Crippen MR) is 72.9 cm³/mol. The van der Waals surface area contributed by atoms with Crippen LogP contribution in [0.5, 0.6) is 5.75 Å². The number of aliphatic hydroxyl groups is 1. The van der Waals surface area contributed by atoms with E-state index in [-0.39, 0.29) is 6.10 Å². The van der Waals surface area contributed by atoms with E-state index in [4.69, 9.17) is 4.74 Å². The van der Waals surface area contributed by atoms with Gasteiger partial charge in [0.05, 0.1) is 13.2 Å². The summed E-state index contributed by atoms with van der Waals surface area (Å²) in [6.45, 7) is 4.12. The lowest BCUT2D eigenvalue weighted by Crippen LogP contribution is -2.13. The third kappa shape index (κ3) is 2.45. The zero-order chi connectivity index (χ0) is 12.4. The fraction of sp³-hybridized carbons (Fsp3) is 0.571. The molecule has 1 N–H and O–H groups in total. The molecule has 2 rings (SSSR count). The summed E-state index contributed by atoms with van der Waals surface area (Å²) < 4.78 is 5.47. The third-order valence-electron chi connectivity index (χ3n) is 3.64. The number of aryl methyl sites for hydroxylation is 1. The molecule has 2 nitrogen and oxygen atoms in total. The Hall–Kier alpha value is -0.670. The highest BCUT2D eigenvalue weighted by molar-refractivity contribution is 7.99. The third-order valence-corrected chi connectivity index (χ3v) is 4.83. The quantitative estimate of drug-likeness (QED) is 0.896. The van der Waals surface area contributed by atoms with Crippen LogP contribution in [0.3, 0.4) is 0 Å². The first-order chi connectivity index (χ1) is 8.15. The summed E-state index contributed by atoms with van der Waals surface area (Å²) in [7, 11) is 1.68. The first-order valence-corrected chi connectivity index (χ1v) is 7.20. The van der Waals surface area contributed by atoms with E-state index in [2.05, 4.69) is 13.0 Å². The van der Waals surface area contributed by atoms with E-state index in [1.54, 1.807) is 7.11 Å². The van der Waals surface area contributed by atoms with Crippen molar-refractivity contribution in [3.05, 3.63) is 28.8 Å². The fourth-order valence-electron chi connectivity index (χ4n) is 2.37. The number of rotatable bonds is 3. The van der Waals surface area contributed by atoms with E-state index < -0.39 is 0 Å². The molecule has 1 aliphatic rings. The van der Waals surface area contributed by atoms with Gasteiger partial charge in [-0.05, 0) is 48.8 Å². The first kappa shape index (κ1) is 12.8. The number of hydrogen-bond donors (Lipinski definition) is 1. The first-order valence-electron chi connectivity index (χ1n) is 6.05. The van der Waals surface area contributed by atoms with Gasteiger partial charge >= 0.3 is 0 Å². The van der Waals surface area contributed by atoms with Gasteiger partial charge in [0.2, 0.25) is 0 Å². The maximum absolute atomic E-state index is 10.5. The highest BCUT2D eigenvalue weighted by Crippen LogP contribution is 2.39. The Kier molecular flexibility index (Phi) is 4.00. The molecule has 1 aromatic rings. The monoisotopic (exact) mass is 252 g/mol. The number of methoxy groups -OCH3 is 1. The summed E-state index contributed by atoms with van der Waals surface area (Å²) in [5, 5.41) is 10.5. The average Bonchev–Trinajstić information content (AvgIpc) is 2.85. The fourth-order valence-corrected chi connectivity index (χ4v) is 3.66. The zero-order valence-corrected chi connectivity index (χ0v) is 11.5. The molecule has 1 aromatic carbocycles. The number of ether oxygens (including phenoxy) is 1. The second kappa shape index (κ2) is 5.32. The van der Waals surface area contributed by atoms with Crippen molar-refractivity contribution < 1.29 is 9.84 Å². The standard InChI is InChI=1S/C14H20O2S/c1-9-4-5-12(14(16-3)10(9)2)13(15)11-6-7-17-8-11/h4-5,11,13,15H,6-8H2,1-3H3. The molecule has 3 heteroatoms. The molecule has 0 aromatic heterocycles. The van der Waals surface area contributed by atoms with Crippen LogP contribution < -0.4 is 4.74 Å². The topological polar surface area (TPSA) is 29.5 Å². The van der Waals surface area contributed by atoms with Gasteiger partial charge in [-0.1, -0.05) is 12.1 Å². The van der Waals surface area contributed by atoms with Crippen molar-refractivity contribution in [1.29, 1.82) is 0 Å². The Morgan fingerprint density at radius 3 is 2.76 bits per heavy atom. The Balaban J connectivity index is 2.33. The van der Waals surface area contributed by atoms with E-state index in [1.165, 1.54) is 5.56 Å². The lowest BCUT2D eigenvalue weighted by molar-refractivity contribution is 0.118. The summed E-state index contributed by atoms with van der Waals surface area (Å²) in [4.78, 5) is 0. The van der Waals surface area contributed by atoms with Crippen molar-refractivity contribution in [2.24, 2.45) is 5.92 Å². The van der Waals surface area contributed by atoms with E-state index in [1.807, 2.05) is 24.8 Å². The molecule has 1 saturated heterocycles. The Bertz CT molecular complexity index is 397. The van der Waals surface area contributed by atoms with Gasteiger partial charge in [0.15, 0.2) is 0 Å². The summed E-state index contributed by atoms with van der Waals surface area (Å²) in [5.41, 5.74) is 3.29. The van der Waals surface area contributed by atoms with Crippen LogP contribution in [0.15, 0.2) is 12.1 Å². The lowest BCUT2D eigenvalue weighted by atomic mass is 9.92. The molecule has 1 heterocycles. The van der Waals surface area contributed by atoms with Crippen LogP contribution in [0, 0.1) is 19.8 Å². The molecule has 17 heavy (non-hydrogen) atoms. The van der Waals surface area contributed by atoms with E-state index in [0.717, 1.165) is 34.8 Å². The minimum absolute atomic E-state index is 0.371. The lowest BCUT2D eigenvalue weighted by Gasteiger charge is -2.21. The van der Waals surface area contributed by atoms with Crippen LogP contribution in [0.1, 0.15) is 29.2 Å². The van der Waals surface area contributed by atoms with Crippen molar-refractivity contribution in [2.75, 3.05) is 18.6 Å². The van der Waals surface area contributed by atoms with Gasteiger partial charge in [0.1, 0.15) is 5.75 Å². The van der Waals surface area contributed by atoms with E-state index in [9.17, 15) is 5.11 Å². The minimum atomic E-state index is -0.390. The molecule has 0 aliphatic carbocycles. The summed E-state index contributed by atoms with van der Waals surface area (Å²) in [6, 6.07) is 4.08. The smallest absolute Gasteiger partial charge is 0.127 e. The number of aliphatic hydroxyl groups excluding tert-OH is 1. The largest absolute Gasteiger partial charge is 0.496 e. The predicted octanol–water partition coefficient (Wildman–Crippen LogP) is 3.10. The second-order valence-corrected chi connectivity index (χ2v) is 5.85. The Labute approximate surface area is 107 Å². The van der Waals surface area contributed by atoms with Crippen molar-refractivity contribution >= 4 is 11.8 Å². The van der Waals surface area contributed by atoms with Gasteiger partial charge in [-0.2, -0.15) is 11.8 Å². The van der Waals surface area contributed by atoms with E-state index >= 15 is 0 Å². The molecule has 0 saturated carbocycles. The zero-order valence-electron chi connectivity index (χ0n) is 10.7. The van der Waals surface area contributed by atoms with Crippen LogP contribution in [-0.2, 0) is 0 Å². The van der Waals surface area contributed by atoms with E-state index in [0.29, 0.717) is 5.92 Å². The molecule has 0 bridgehead atoms. The van der Waals surface area contributed by atoms with Crippen molar-refractivity contribution in [3.63, 3.8) is 0 Å². The molecule has 0 amide bonds. The highest BCUT2D eigenvalue weighted by atomic mass is 32.2. The maximum Gasteiger partial charge on any atom is 0.127 e. The highest BCUT2D eigenvalue weighted by Gasteiger charge is 2.27. The van der Waals surface area contributed by atoms with Crippen molar-refractivity contribution in [3.8, 4) is 5.75 Å². The summed E-state index contributed by atoms with van der Waals surface area (Å²) in [6.07, 6.45) is 0.710. The second-order valence-electron chi connectivity index (χ2n) is 4.70. The number of hydrogen-bond acceptors (Lipinski definition) is 3. The molecule has 1 fully saturated rings. The van der Waals surface area contributed by atoms with Gasteiger partial charge in [0.25, 0.3) is 0 Å². The Morgan fingerprint density at radius 1 is 1.41 bits per heavy atom. The molecule has 94 valence electrons. The molecular formula is C14H20O2S. The van der Waals surface area contributed by atoms with Crippen molar-refractivity contribution in [1.82, 2.24) is 0 Å². The molecule has 1 aliphatic heterocycles. The Morgan fingerprint density at radius 2 is 2.18 bits per heavy atom. The number of thioether (sulfide) groups is 1. The SMILES string of the molecule is COc1c(C(O)C2CCSC2)ccc(C)c1C. The summed E-state index contributed by atoms with van der Waals surface area (Å²) >= 11 is 1.93. The van der Waals surface area contributed by atoms with Crippen LogP contribution in [0.25, 0.3) is 0 Å². The molecule has 0 spiro atoms. The maximum atomic E-state index is 10.5. The van der Waals surface area contributed by atoms with Gasteiger partial charge in [-0.15, -0.1) is 0 Å². The van der Waals surface area contributed by atoms with Gasteiger partial charge < -0.3 is 9.84 Å². The van der Waals surface area contributed by atoms with Crippen molar-refractivity contribution in [2.45, 2.75) is 26.4 Å². The van der Waals surface area contributed by atoms with Crippen LogP contribution >= 0.6 is 11.8 Å². The molecule has 2 unspecified atom stereocenters. The van der Waals surface area contributed by atoms with Gasteiger partial charge in [-0.3, -0.25) is 0 Å².